The van der Waals surface area contributed by atoms with Gasteiger partial charge in [0.25, 0.3) is 0 Å². The normalized spacial score (nSPS) is 10.4. The first kappa shape index (κ1) is 14.6. The second-order valence-corrected chi connectivity index (χ2v) is 4.03. The first-order valence-electron chi connectivity index (χ1n) is 5.85. The van der Waals surface area contributed by atoms with Crippen LogP contribution in [0.5, 0.6) is 0 Å². The van der Waals surface area contributed by atoms with Gasteiger partial charge in [0.2, 0.25) is 5.91 Å². The molecule has 0 aliphatic rings. The van der Waals surface area contributed by atoms with Crippen LogP contribution in [0, 0.1) is 12.7 Å². The lowest BCUT2D eigenvalue weighted by Gasteiger charge is -2.07. The summed E-state index contributed by atoms with van der Waals surface area (Å²) in [5.74, 6) is -0.368. The molecule has 1 aromatic carbocycles. The predicted molar refractivity (Wildman–Crippen MR) is 67.7 cm³/mol. The molecule has 0 heterocycles. The van der Waals surface area contributed by atoms with Crippen molar-refractivity contribution < 1.29 is 13.9 Å². The lowest BCUT2D eigenvalue weighted by Crippen LogP contribution is -2.34. The van der Waals surface area contributed by atoms with Crippen LogP contribution in [0.1, 0.15) is 11.1 Å². The van der Waals surface area contributed by atoms with Crippen molar-refractivity contribution in [2.45, 2.75) is 13.5 Å². The molecule has 2 N–H and O–H groups in total. The van der Waals surface area contributed by atoms with E-state index >= 15 is 0 Å². The molecule has 100 valence electrons. The van der Waals surface area contributed by atoms with Crippen molar-refractivity contribution in [2.24, 2.45) is 0 Å². The van der Waals surface area contributed by atoms with Gasteiger partial charge in [0.05, 0.1) is 13.2 Å². The van der Waals surface area contributed by atoms with Crippen LogP contribution in [-0.4, -0.2) is 32.7 Å². The van der Waals surface area contributed by atoms with Crippen molar-refractivity contribution in [1.82, 2.24) is 10.6 Å². The summed E-state index contributed by atoms with van der Waals surface area (Å²) in [4.78, 5) is 11.4. The topological polar surface area (TPSA) is 50.4 Å². The van der Waals surface area contributed by atoms with Gasteiger partial charge in [0.15, 0.2) is 0 Å². The first-order chi connectivity index (χ1) is 8.63. The number of benzene rings is 1. The number of methoxy groups -OCH3 is 1. The minimum atomic E-state index is -0.250. The molecule has 0 unspecified atom stereocenters. The number of rotatable bonds is 7. The molecular formula is C13H19FN2O2. The summed E-state index contributed by atoms with van der Waals surface area (Å²) in [6.07, 6.45) is 0. The fourth-order valence-corrected chi connectivity index (χ4v) is 1.39. The van der Waals surface area contributed by atoms with Gasteiger partial charge in [0, 0.05) is 20.2 Å². The number of carbonyl (C=O) groups is 1. The van der Waals surface area contributed by atoms with Crippen LogP contribution < -0.4 is 10.6 Å². The zero-order valence-corrected chi connectivity index (χ0v) is 10.8. The molecule has 5 heteroatoms. The summed E-state index contributed by atoms with van der Waals surface area (Å²) >= 11 is 0. The van der Waals surface area contributed by atoms with Crippen LogP contribution >= 0.6 is 0 Å². The highest BCUT2D eigenvalue weighted by atomic mass is 19.1. The maximum Gasteiger partial charge on any atom is 0.234 e. The molecule has 0 aliphatic heterocycles. The Balaban J connectivity index is 2.27. The molecule has 0 saturated heterocycles. The van der Waals surface area contributed by atoms with Gasteiger partial charge >= 0.3 is 0 Å². The minimum absolute atomic E-state index is 0.118. The highest BCUT2D eigenvalue weighted by Gasteiger charge is 2.02. The number of hydrogen-bond donors (Lipinski definition) is 2. The van der Waals surface area contributed by atoms with E-state index in [4.69, 9.17) is 4.74 Å². The molecule has 4 nitrogen and oxygen atoms in total. The molecule has 0 atom stereocenters. The van der Waals surface area contributed by atoms with Crippen molar-refractivity contribution in [3.8, 4) is 0 Å². The third-order valence-electron chi connectivity index (χ3n) is 2.49. The van der Waals surface area contributed by atoms with Gasteiger partial charge < -0.3 is 15.4 Å². The van der Waals surface area contributed by atoms with Crippen molar-refractivity contribution >= 4 is 5.91 Å². The average Bonchev–Trinajstić information content (AvgIpc) is 2.36. The molecule has 0 saturated carbocycles. The summed E-state index contributed by atoms with van der Waals surface area (Å²) in [5.41, 5.74) is 1.36. The zero-order chi connectivity index (χ0) is 13.4. The van der Waals surface area contributed by atoms with E-state index in [1.165, 1.54) is 6.07 Å². The van der Waals surface area contributed by atoms with Gasteiger partial charge in [-0.25, -0.2) is 4.39 Å². The monoisotopic (exact) mass is 254 g/mol. The molecule has 0 aromatic heterocycles. The van der Waals surface area contributed by atoms with E-state index in [2.05, 4.69) is 10.6 Å². The Hall–Kier alpha value is -1.46. The second-order valence-electron chi connectivity index (χ2n) is 4.03. The number of amides is 1. The molecule has 0 aliphatic carbocycles. The molecule has 1 rings (SSSR count). The molecule has 0 spiro atoms. The molecule has 0 fully saturated rings. The van der Waals surface area contributed by atoms with Gasteiger partial charge in [-0.1, -0.05) is 12.1 Å². The predicted octanol–water partition coefficient (Wildman–Crippen LogP) is 0.986. The lowest BCUT2D eigenvalue weighted by molar-refractivity contribution is -0.120. The summed E-state index contributed by atoms with van der Waals surface area (Å²) in [6.45, 7) is 3.47. The highest BCUT2D eigenvalue weighted by molar-refractivity contribution is 5.77. The first-order valence-corrected chi connectivity index (χ1v) is 5.85. The van der Waals surface area contributed by atoms with Crippen molar-refractivity contribution in [2.75, 3.05) is 26.8 Å². The number of aryl methyl sites for hydroxylation is 1. The molecule has 18 heavy (non-hydrogen) atoms. The Morgan fingerprint density at radius 2 is 2.22 bits per heavy atom. The standard InChI is InChI=1S/C13H19FN2O2/c1-10-3-4-11(7-12(10)14)8-16-13(17)9-15-5-6-18-2/h3-4,7,15H,5-6,8-9H2,1-2H3,(H,16,17). The molecular weight excluding hydrogens is 235 g/mol. The Morgan fingerprint density at radius 1 is 1.44 bits per heavy atom. The Morgan fingerprint density at radius 3 is 2.89 bits per heavy atom. The van der Waals surface area contributed by atoms with E-state index in [1.54, 1.807) is 26.2 Å². The van der Waals surface area contributed by atoms with Crippen LogP contribution in [0.3, 0.4) is 0 Å². The average molecular weight is 254 g/mol. The van der Waals surface area contributed by atoms with Gasteiger partial charge in [-0.2, -0.15) is 0 Å². The van der Waals surface area contributed by atoms with E-state index in [9.17, 15) is 9.18 Å². The van der Waals surface area contributed by atoms with Crippen LogP contribution in [0.15, 0.2) is 18.2 Å². The quantitative estimate of drug-likeness (QED) is 0.713. The Labute approximate surface area is 107 Å². The number of halogens is 1. The highest BCUT2D eigenvalue weighted by Crippen LogP contribution is 2.08. The summed E-state index contributed by atoms with van der Waals surface area (Å²) in [7, 11) is 1.60. The van der Waals surface area contributed by atoms with Crippen molar-refractivity contribution in [3.63, 3.8) is 0 Å². The fourth-order valence-electron chi connectivity index (χ4n) is 1.39. The van der Waals surface area contributed by atoms with Gasteiger partial charge in [-0.05, 0) is 24.1 Å². The number of carbonyl (C=O) groups excluding carboxylic acids is 1. The SMILES string of the molecule is COCCNCC(=O)NCc1ccc(C)c(F)c1. The van der Waals surface area contributed by atoms with Gasteiger partial charge in [-0.15, -0.1) is 0 Å². The van der Waals surface area contributed by atoms with Gasteiger partial charge in [-0.3, -0.25) is 4.79 Å². The maximum absolute atomic E-state index is 13.3. The van der Waals surface area contributed by atoms with E-state index < -0.39 is 0 Å². The molecule has 0 radical (unpaired) electrons. The summed E-state index contributed by atoms with van der Waals surface area (Å²) in [6, 6.07) is 4.94. The van der Waals surface area contributed by atoms with E-state index in [0.717, 1.165) is 5.56 Å². The molecule has 1 amide bonds. The van der Waals surface area contributed by atoms with Crippen molar-refractivity contribution in [1.29, 1.82) is 0 Å². The smallest absolute Gasteiger partial charge is 0.234 e. The van der Waals surface area contributed by atoms with Crippen LogP contribution in [-0.2, 0) is 16.1 Å². The van der Waals surface area contributed by atoms with E-state index in [-0.39, 0.29) is 18.3 Å². The third kappa shape index (κ3) is 5.25. The van der Waals surface area contributed by atoms with Crippen LogP contribution in [0.25, 0.3) is 0 Å². The molecule has 1 aromatic rings. The van der Waals surface area contributed by atoms with Crippen molar-refractivity contribution in [3.05, 3.63) is 35.1 Å². The summed E-state index contributed by atoms with van der Waals surface area (Å²) < 4.78 is 18.1. The Bertz CT molecular complexity index is 397. The van der Waals surface area contributed by atoms with Gasteiger partial charge in [0.1, 0.15) is 5.82 Å². The third-order valence-corrected chi connectivity index (χ3v) is 2.49. The largest absolute Gasteiger partial charge is 0.383 e. The van der Waals surface area contributed by atoms with Crippen LogP contribution in [0.4, 0.5) is 4.39 Å². The molecule has 0 bridgehead atoms. The fraction of sp³-hybridized carbons (Fsp3) is 0.462. The van der Waals surface area contributed by atoms with E-state index in [0.29, 0.717) is 25.3 Å². The second kappa shape index (κ2) is 7.79. The maximum atomic E-state index is 13.3. The lowest BCUT2D eigenvalue weighted by atomic mass is 10.1. The number of hydrogen-bond acceptors (Lipinski definition) is 3. The van der Waals surface area contributed by atoms with Crippen LogP contribution in [0.2, 0.25) is 0 Å². The number of ether oxygens (including phenoxy) is 1. The Kier molecular flexibility index (Phi) is 6.32. The van der Waals surface area contributed by atoms with E-state index in [1.807, 2.05) is 0 Å². The summed E-state index contributed by atoms with van der Waals surface area (Å²) in [5, 5.41) is 5.65. The zero-order valence-electron chi connectivity index (χ0n) is 10.8. The number of nitrogens with one attached hydrogen (secondary N) is 2. The minimum Gasteiger partial charge on any atom is -0.383 e.